The number of benzene rings is 2. The number of nitrogens with one attached hydrogen (secondary N) is 1. The zero-order chi connectivity index (χ0) is 20.7. The molecule has 0 radical (unpaired) electrons. The largest absolute Gasteiger partial charge is 0.381 e. The lowest BCUT2D eigenvalue weighted by atomic mass is 9.94. The molecule has 1 aliphatic heterocycles. The number of amides is 1. The van der Waals surface area contributed by atoms with Crippen LogP contribution in [0, 0.1) is 0 Å². The summed E-state index contributed by atoms with van der Waals surface area (Å²) in [6, 6.07) is 14.0. The van der Waals surface area contributed by atoms with Crippen LogP contribution in [0.2, 0.25) is 0 Å². The van der Waals surface area contributed by atoms with Gasteiger partial charge in [0.15, 0.2) is 5.78 Å². The molecule has 2 heterocycles. The number of Topliss-reactive ketones (excluding diaryl/α,β-unsaturated/α-hetero) is 1. The van der Waals surface area contributed by atoms with Crippen molar-refractivity contribution < 1.29 is 14.3 Å². The van der Waals surface area contributed by atoms with E-state index in [1.807, 2.05) is 30.3 Å². The lowest BCUT2D eigenvalue weighted by Crippen LogP contribution is -2.29. The van der Waals surface area contributed by atoms with Gasteiger partial charge in [-0.3, -0.25) is 9.59 Å². The van der Waals surface area contributed by atoms with Crippen molar-refractivity contribution in [2.45, 2.75) is 38.1 Å². The summed E-state index contributed by atoms with van der Waals surface area (Å²) in [5.41, 5.74) is 10.7. The Bertz CT molecular complexity index is 1140. The molecule has 0 spiro atoms. The molecule has 154 valence electrons. The third kappa shape index (κ3) is 3.17. The van der Waals surface area contributed by atoms with Gasteiger partial charge in [0.2, 0.25) is 0 Å². The lowest BCUT2D eigenvalue weighted by molar-refractivity contribution is 0.0904. The third-order valence-electron chi connectivity index (χ3n) is 6.18. The van der Waals surface area contributed by atoms with Crippen LogP contribution in [0.3, 0.4) is 0 Å². The Morgan fingerprint density at radius 2 is 1.90 bits per heavy atom. The summed E-state index contributed by atoms with van der Waals surface area (Å²) >= 11 is 0. The van der Waals surface area contributed by atoms with E-state index in [0.29, 0.717) is 25.2 Å². The first-order chi connectivity index (χ1) is 14.6. The second kappa shape index (κ2) is 7.61. The Balaban J connectivity index is 1.66. The highest BCUT2D eigenvalue weighted by Crippen LogP contribution is 2.35. The van der Waals surface area contributed by atoms with Crippen molar-refractivity contribution in [1.29, 1.82) is 0 Å². The molecule has 1 aliphatic carbocycles. The summed E-state index contributed by atoms with van der Waals surface area (Å²) in [6.07, 6.45) is 4.08. The van der Waals surface area contributed by atoms with Gasteiger partial charge in [-0.2, -0.15) is 0 Å². The second-order valence-electron chi connectivity index (χ2n) is 8.08. The van der Waals surface area contributed by atoms with Crippen molar-refractivity contribution in [3.63, 3.8) is 0 Å². The Labute approximate surface area is 175 Å². The third-order valence-corrected chi connectivity index (χ3v) is 6.18. The maximum Gasteiger partial charge on any atom is 0.250 e. The second-order valence-corrected chi connectivity index (χ2v) is 8.08. The number of ketones is 1. The fourth-order valence-corrected chi connectivity index (χ4v) is 4.74. The fourth-order valence-electron chi connectivity index (χ4n) is 4.74. The predicted molar refractivity (Wildman–Crippen MR) is 117 cm³/mol. The summed E-state index contributed by atoms with van der Waals surface area (Å²) in [6.45, 7) is 1.42. The molecule has 1 amide bonds. The molecule has 3 aromatic rings. The maximum absolute atomic E-state index is 12.7. The number of carbonyl (C=O) groups is 2. The van der Waals surface area contributed by atoms with Crippen molar-refractivity contribution in [2.75, 3.05) is 18.5 Å². The number of anilines is 1. The summed E-state index contributed by atoms with van der Waals surface area (Å²) in [5, 5.41) is 4.50. The first-order valence-corrected chi connectivity index (χ1v) is 10.6. The summed E-state index contributed by atoms with van der Waals surface area (Å²) in [7, 11) is 0. The molecule has 1 fully saturated rings. The number of ether oxygens (including phenoxy) is 1. The first-order valence-electron chi connectivity index (χ1n) is 10.6. The van der Waals surface area contributed by atoms with Gasteiger partial charge in [0.25, 0.3) is 5.91 Å². The minimum absolute atomic E-state index is 0.209. The van der Waals surface area contributed by atoms with Gasteiger partial charge in [-0.25, -0.2) is 0 Å². The SMILES string of the molecule is NC(=O)c1ccc(-n2c3c(c4ccccc42)C(=O)CCC3)cc1NC1CCOCC1. The number of para-hydroxylation sites is 1. The maximum atomic E-state index is 12.7. The summed E-state index contributed by atoms with van der Waals surface area (Å²) in [5.74, 6) is -0.244. The molecule has 1 aromatic heterocycles. The van der Waals surface area contributed by atoms with E-state index < -0.39 is 5.91 Å². The zero-order valence-electron chi connectivity index (χ0n) is 16.8. The van der Waals surface area contributed by atoms with Crippen LogP contribution in [0.4, 0.5) is 5.69 Å². The number of hydrogen-bond donors (Lipinski definition) is 2. The molecule has 3 N–H and O–H groups in total. The van der Waals surface area contributed by atoms with Gasteiger partial charge in [-0.05, 0) is 49.9 Å². The Hall–Kier alpha value is -3.12. The van der Waals surface area contributed by atoms with Crippen molar-refractivity contribution in [2.24, 2.45) is 5.73 Å². The molecule has 6 nitrogen and oxygen atoms in total. The number of carbonyl (C=O) groups excluding carboxylic acids is 2. The van der Waals surface area contributed by atoms with Crippen molar-refractivity contribution in [3.05, 3.63) is 59.3 Å². The topological polar surface area (TPSA) is 86.4 Å². The first kappa shape index (κ1) is 18.9. The average molecular weight is 403 g/mol. The molecule has 2 aliphatic rings. The highest BCUT2D eigenvalue weighted by molar-refractivity contribution is 6.10. The molecule has 0 saturated carbocycles. The number of nitrogens with zero attached hydrogens (tertiary/aromatic N) is 1. The number of primary amides is 1. The number of nitrogens with two attached hydrogens (primary N) is 1. The van der Waals surface area contributed by atoms with E-state index in [1.165, 1.54) is 0 Å². The van der Waals surface area contributed by atoms with E-state index in [-0.39, 0.29) is 11.8 Å². The van der Waals surface area contributed by atoms with Crippen molar-refractivity contribution in [1.82, 2.24) is 4.57 Å². The Morgan fingerprint density at radius 1 is 1.10 bits per heavy atom. The molecule has 0 unspecified atom stereocenters. The zero-order valence-corrected chi connectivity index (χ0v) is 16.8. The Morgan fingerprint density at radius 3 is 2.70 bits per heavy atom. The van der Waals surface area contributed by atoms with Crippen LogP contribution in [0.5, 0.6) is 0 Å². The van der Waals surface area contributed by atoms with Gasteiger partial charge in [0.1, 0.15) is 0 Å². The van der Waals surface area contributed by atoms with E-state index in [0.717, 1.165) is 59.2 Å². The minimum Gasteiger partial charge on any atom is -0.381 e. The van der Waals surface area contributed by atoms with Crippen molar-refractivity contribution in [3.8, 4) is 5.69 Å². The van der Waals surface area contributed by atoms with Gasteiger partial charge < -0.3 is 20.4 Å². The van der Waals surface area contributed by atoms with Gasteiger partial charge in [-0.15, -0.1) is 0 Å². The van der Waals surface area contributed by atoms with Crippen LogP contribution in [-0.4, -0.2) is 35.5 Å². The standard InChI is InChI=1S/C24H25N3O3/c25-24(29)17-9-8-16(14-19(17)26-15-10-12-30-13-11-15)27-20-5-2-1-4-18(20)23-21(27)6-3-7-22(23)28/h1-2,4-5,8-9,14-15,26H,3,6-7,10-13H2,(H2,25,29). The smallest absolute Gasteiger partial charge is 0.250 e. The molecule has 2 aromatic carbocycles. The Kier molecular flexibility index (Phi) is 4.79. The van der Waals surface area contributed by atoms with Crippen LogP contribution in [0.15, 0.2) is 42.5 Å². The summed E-state index contributed by atoms with van der Waals surface area (Å²) in [4.78, 5) is 24.8. The normalized spacial score (nSPS) is 17.1. The number of hydrogen-bond acceptors (Lipinski definition) is 4. The number of rotatable bonds is 4. The van der Waals surface area contributed by atoms with Crippen LogP contribution in [0.25, 0.3) is 16.6 Å². The fraction of sp³-hybridized carbons (Fsp3) is 0.333. The van der Waals surface area contributed by atoms with Crippen molar-refractivity contribution >= 4 is 28.3 Å². The van der Waals surface area contributed by atoms with Gasteiger partial charge in [0, 0.05) is 53.7 Å². The predicted octanol–water partition coefficient (Wildman–Crippen LogP) is 3.84. The van der Waals surface area contributed by atoms with E-state index in [2.05, 4.69) is 16.0 Å². The van der Waals surface area contributed by atoms with Crippen LogP contribution >= 0.6 is 0 Å². The monoisotopic (exact) mass is 403 g/mol. The van der Waals surface area contributed by atoms with E-state index in [4.69, 9.17) is 10.5 Å². The van der Waals surface area contributed by atoms with Crippen LogP contribution in [-0.2, 0) is 11.2 Å². The van der Waals surface area contributed by atoms with Gasteiger partial charge >= 0.3 is 0 Å². The quantitative estimate of drug-likeness (QED) is 0.693. The van der Waals surface area contributed by atoms with Crippen LogP contribution in [0.1, 0.15) is 52.1 Å². The molecule has 0 atom stereocenters. The number of fused-ring (bicyclic) bond motifs is 3. The molecule has 6 heteroatoms. The van der Waals surface area contributed by atoms with E-state index >= 15 is 0 Å². The molecular formula is C24H25N3O3. The molecule has 0 bridgehead atoms. The van der Waals surface area contributed by atoms with E-state index in [1.54, 1.807) is 6.07 Å². The summed E-state index contributed by atoms with van der Waals surface area (Å²) < 4.78 is 7.62. The molecule has 1 saturated heterocycles. The number of aromatic nitrogens is 1. The highest BCUT2D eigenvalue weighted by atomic mass is 16.5. The molecule has 30 heavy (non-hydrogen) atoms. The van der Waals surface area contributed by atoms with Crippen LogP contribution < -0.4 is 11.1 Å². The molecule has 5 rings (SSSR count). The van der Waals surface area contributed by atoms with E-state index in [9.17, 15) is 9.59 Å². The minimum atomic E-state index is -0.453. The highest BCUT2D eigenvalue weighted by Gasteiger charge is 2.26. The van der Waals surface area contributed by atoms with Gasteiger partial charge in [-0.1, -0.05) is 18.2 Å². The molecular weight excluding hydrogens is 378 g/mol. The average Bonchev–Trinajstić information content (AvgIpc) is 3.10. The lowest BCUT2D eigenvalue weighted by Gasteiger charge is -2.25. The van der Waals surface area contributed by atoms with Gasteiger partial charge in [0.05, 0.1) is 11.1 Å².